The molecule has 3 nitrogen and oxygen atoms in total. The fourth-order valence-corrected chi connectivity index (χ4v) is 2.38. The van der Waals surface area contributed by atoms with Gasteiger partial charge >= 0.3 is 12.1 Å². The minimum Gasteiger partial charge on any atom is -0.465 e. The molecule has 0 radical (unpaired) electrons. The van der Waals surface area contributed by atoms with E-state index in [4.69, 9.17) is 0 Å². The lowest BCUT2D eigenvalue weighted by molar-refractivity contribution is -0.137. The Kier molecular flexibility index (Phi) is 3.80. The number of methoxy groups -OCH3 is 1. The number of hydrogen-bond acceptors (Lipinski definition) is 2. The van der Waals surface area contributed by atoms with Gasteiger partial charge in [-0.1, -0.05) is 18.2 Å². The Morgan fingerprint density at radius 2 is 1.81 bits per heavy atom. The maximum atomic E-state index is 13.1. The van der Waals surface area contributed by atoms with E-state index in [9.17, 15) is 18.0 Å². The molecule has 112 valence electrons. The van der Waals surface area contributed by atoms with Gasteiger partial charge in [0.15, 0.2) is 0 Å². The van der Waals surface area contributed by atoms with Gasteiger partial charge in [0.2, 0.25) is 0 Å². The van der Waals surface area contributed by atoms with Crippen LogP contribution in [0.25, 0.3) is 11.3 Å². The molecule has 0 aliphatic carbocycles. The summed E-state index contributed by atoms with van der Waals surface area (Å²) in [5.74, 6) is -0.572. The maximum absolute atomic E-state index is 13.1. The molecule has 0 bridgehead atoms. The molecule has 0 aliphatic heterocycles. The highest BCUT2D eigenvalue weighted by molar-refractivity contribution is 5.95. The summed E-state index contributed by atoms with van der Waals surface area (Å²) in [4.78, 5) is 14.6. The van der Waals surface area contributed by atoms with Crippen molar-refractivity contribution >= 4 is 5.97 Å². The molecule has 0 amide bonds. The number of carbonyl (C=O) groups is 1. The summed E-state index contributed by atoms with van der Waals surface area (Å²) in [6.45, 7) is 3.22. The monoisotopic (exact) mass is 297 g/mol. The first-order chi connectivity index (χ1) is 9.77. The molecule has 1 N–H and O–H groups in total. The van der Waals surface area contributed by atoms with Crippen molar-refractivity contribution in [2.45, 2.75) is 20.0 Å². The van der Waals surface area contributed by atoms with Crippen LogP contribution in [0.2, 0.25) is 0 Å². The first kappa shape index (κ1) is 15.2. The van der Waals surface area contributed by atoms with Crippen molar-refractivity contribution in [3.63, 3.8) is 0 Å². The van der Waals surface area contributed by atoms with Crippen LogP contribution in [0, 0.1) is 13.8 Å². The van der Waals surface area contributed by atoms with E-state index in [1.165, 1.54) is 25.3 Å². The number of hydrogen-bond donors (Lipinski definition) is 1. The minimum atomic E-state index is -4.46. The van der Waals surface area contributed by atoms with E-state index in [0.29, 0.717) is 11.3 Å². The smallest absolute Gasteiger partial charge is 0.417 e. The van der Waals surface area contributed by atoms with Gasteiger partial charge in [0.25, 0.3) is 0 Å². The average Bonchev–Trinajstić information content (AvgIpc) is 2.72. The number of carbonyl (C=O) groups excluding carboxylic acids is 1. The van der Waals surface area contributed by atoms with Crippen LogP contribution >= 0.6 is 0 Å². The van der Waals surface area contributed by atoms with E-state index in [2.05, 4.69) is 9.72 Å². The van der Waals surface area contributed by atoms with Crippen molar-refractivity contribution in [1.29, 1.82) is 0 Å². The van der Waals surface area contributed by atoms with Crippen molar-refractivity contribution in [3.8, 4) is 11.3 Å². The third-order valence-electron chi connectivity index (χ3n) is 3.33. The lowest BCUT2D eigenvalue weighted by Crippen LogP contribution is -2.07. The number of aryl methyl sites for hydroxylation is 1. The molecular formula is C15H14F3NO2. The third kappa shape index (κ3) is 2.66. The maximum Gasteiger partial charge on any atom is 0.417 e. The molecule has 0 saturated carbocycles. The standard InChI is InChI=1S/C15H14F3NO2/c1-8-12(14(20)21-3)9(2)19-13(8)10-6-4-5-7-11(10)15(16,17)18/h4-7,19H,1-3H3. The molecule has 0 unspecified atom stereocenters. The Balaban J connectivity index is 2.68. The average molecular weight is 297 g/mol. The van der Waals surface area contributed by atoms with Crippen molar-refractivity contribution < 1.29 is 22.7 Å². The highest BCUT2D eigenvalue weighted by atomic mass is 19.4. The number of aromatic amines is 1. The number of alkyl halides is 3. The number of nitrogens with one attached hydrogen (secondary N) is 1. The zero-order valence-electron chi connectivity index (χ0n) is 11.8. The Bertz CT molecular complexity index is 687. The van der Waals surface area contributed by atoms with E-state index in [0.717, 1.165) is 6.07 Å². The number of rotatable bonds is 2. The molecule has 1 heterocycles. The summed E-state index contributed by atoms with van der Waals surface area (Å²) in [6.07, 6.45) is -4.46. The van der Waals surface area contributed by atoms with Crippen LogP contribution in [0.4, 0.5) is 13.2 Å². The van der Waals surface area contributed by atoms with Crippen LogP contribution in [0.3, 0.4) is 0 Å². The normalized spacial score (nSPS) is 11.5. The predicted molar refractivity (Wildman–Crippen MR) is 72.0 cm³/mol. The van der Waals surface area contributed by atoms with Gasteiger partial charge in [0.1, 0.15) is 0 Å². The summed E-state index contributed by atoms with van der Waals surface area (Å²) in [7, 11) is 1.23. The molecule has 2 rings (SSSR count). The first-order valence-corrected chi connectivity index (χ1v) is 6.21. The van der Waals surface area contributed by atoms with Gasteiger partial charge in [-0.15, -0.1) is 0 Å². The largest absolute Gasteiger partial charge is 0.465 e. The summed E-state index contributed by atoms with van der Waals surface area (Å²) < 4.78 is 43.9. The molecule has 6 heteroatoms. The molecule has 0 atom stereocenters. The van der Waals surface area contributed by atoms with Crippen molar-refractivity contribution in [3.05, 3.63) is 46.6 Å². The Hall–Kier alpha value is -2.24. The van der Waals surface area contributed by atoms with E-state index in [1.54, 1.807) is 13.8 Å². The van der Waals surface area contributed by atoms with Gasteiger partial charge in [-0.25, -0.2) is 4.79 Å². The number of aromatic nitrogens is 1. The zero-order valence-corrected chi connectivity index (χ0v) is 11.8. The lowest BCUT2D eigenvalue weighted by Gasteiger charge is -2.12. The number of H-pyrrole nitrogens is 1. The van der Waals surface area contributed by atoms with E-state index >= 15 is 0 Å². The van der Waals surface area contributed by atoms with E-state index in [-0.39, 0.29) is 16.8 Å². The van der Waals surface area contributed by atoms with Crippen LogP contribution in [0.1, 0.15) is 27.2 Å². The molecular weight excluding hydrogens is 283 g/mol. The van der Waals surface area contributed by atoms with Gasteiger partial charge in [0, 0.05) is 11.3 Å². The van der Waals surface area contributed by atoms with Crippen LogP contribution in [-0.2, 0) is 10.9 Å². The van der Waals surface area contributed by atoms with Gasteiger partial charge in [-0.3, -0.25) is 0 Å². The Morgan fingerprint density at radius 3 is 2.38 bits per heavy atom. The summed E-state index contributed by atoms with van der Waals surface area (Å²) in [5, 5.41) is 0. The van der Waals surface area contributed by atoms with Crippen molar-refractivity contribution in [1.82, 2.24) is 4.98 Å². The van der Waals surface area contributed by atoms with Crippen LogP contribution in [0.5, 0.6) is 0 Å². The topological polar surface area (TPSA) is 42.1 Å². The Labute approximate surface area is 119 Å². The van der Waals surface area contributed by atoms with Crippen molar-refractivity contribution in [2.75, 3.05) is 7.11 Å². The number of esters is 1. The summed E-state index contributed by atoms with van der Waals surface area (Å²) in [5.41, 5.74) is 0.735. The number of benzene rings is 1. The lowest BCUT2D eigenvalue weighted by atomic mass is 10.00. The van der Waals surface area contributed by atoms with Crippen LogP contribution in [-0.4, -0.2) is 18.1 Å². The highest BCUT2D eigenvalue weighted by Crippen LogP contribution is 2.38. The zero-order chi connectivity index (χ0) is 15.8. The first-order valence-electron chi connectivity index (χ1n) is 6.21. The SMILES string of the molecule is COC(=O)c1c(C)[nH]c(-c2ccccc2C(F)(F)F)c1C. The second kappa shape index (κ2) is 5.27. The fraction of sp³-hybridized carbons (Fsp3) is 0.267. The minimum absolute atomic E-state index is 0.0146. The molecule has 1 aromatic heterocycles. The third-order valence-corrected chi connectivity index (χ3v) is 3.33. The van der Waals surface area contributed by atoms with Gasteiger partial charge < -0.3 is 9.72 Å². The number of halogens is 3. The molecule has 21 heavy (non-hydrogen) atoms. The highest BCUT2D eigenvalue weighted by Gasteiger charge is 2.34. The second-order valence-electron chi connectivity index (χ2n) is 4.66. The van der Waals surface area contributed by atoms with Gasteiger partial charge in [0.05, 0.1) is 23.9 Å². The number of ether oxygens (including phenoxy) is 1. The Morgan fingerprint density at radius 1 is 1.19 bits per heavy atom. The van der Waals surface area contributed by atoms with E-state index in [1.807, 2.05) is 0 Å². The molecule has 0 spiro atoms. The summed E-state index contributed by atoms with van der Waals surface area (Å²) >= 11 is 0. The quantitative estimate of drug-likeness (QED) is 0.848. The molecule has 0 saturated heterocycles. The van der Waals surface area contributed by atoms with Crippen LogP contribution in [0.15, 0.2) is 24.3 Å². The van der Waals surface area contributed by atoms with E-state index < -0.39 is 17.7 Å². The summed E-state index contributed by atoms with van der Waals surface area (Å²) in [6, 6.07) is 5.25. The molecule has 2 aromatic rings. The van der Waals surface area contributed by atoms with Gasteiger partial charge in [-0.2, -0.15) is 13.2 Å². The molecule has 0 aliphatic rings. The van der Waals surface area contributed by atoms with Crippen LogP contribution < -0.4 is 0 Å². The predicted octanol–water partition coefficient (Wildman–Crippen LogP) is 4.10. The fourth-order valence-electron chi connectivity index (χ4n) is 2.38. The molecule has 1 aromatic carbocycles. The van der Waals surface area contributed by atoms with Gasteiger partial charge in [-0.05, 0) is 25.5 Å². The molecule has 0 fully saturated rings. The van der Waals surface area contributed by atoms with Crippen molar-refractivity contribution in [2.24, 2.45) is 0 Å². The second-order valence-corrected chi connectivity index (χ2v) is 4.66.